The molecule has 1 aromatic carbocycles. The fourth-order valence-corrected chi connectivity index (χ4v) is 4.72. The minimum atomic E-state index is -4.25. The van der Waals surface area contributed by atoms with Crippen LogP contribution in [-0.2, 0) is 6.18 Å². The van der Waals surface area contributed by atoms with Crippen molar-refractivity contribution in [3.63, 3.8) is 0 Å². The van der Waals surface area contributed by atoms with Crippen LogP contribution < -0.4 is 0 Å². The Kier molecular flexibility index (Phi) is 6.26. The van der Waals surface area contributed by atoms with Gasteiger partial charge in [-0.2, -0.15) is 13.2 Å². The van der Waals surface area contributed by atoms with Gasteiger partial charge in [0.1, 0.15) is 0 Å². The SMILES string of the molecule is C=CCCC1CCC(C2CC=C(c3ccc(C(F)(F)F)cc3)CC2)CC1.[HH]. The fourth-order valence-electron chi connectivity index (χ4n) is 4.72. The number of alkyl halides is 3. The Hall–Kier alpha value is -1.51. The van der Waals surface area contributed by atoms with E-state index in [1.54, 1.807) is 12.1 Å². The number of benzene rings is 1. The summed E-state index contributed by atoms with van der Waals surface area (Å²) in [5, 5.41) is 0. The molecule has 0 spiro atoms. The van der Waals surface area contributed by atoms with Crippen LogP contribution in [0.2, 0.25) is 0 Å². The van der Waals surface area contributed by atoms with Crippen LogP contribution in [0.1, 0.15) is 70.3 Å². The highest BCUT2D eigenvalue weighted by Gasteiger charge is 2.31. The van der Waals surface area contributed by atoms with Crippen molar-refractivity contribution in [2.75, 3.05) is 0 Å². The summed E-state index contributed by atoms with van der Waals surface area (Å²) >= 11 is 0. The van der Waals surface area contributed by atoms with Gasteiger partial charge in [-0.25, -0.2) is 0 Å². The molecule has 0 aromatic heterocycles. The monoisotopic (exact) mass is 364 g/mol. The van der Waals surface area contributed by atoms with E-state index in [1.165, 1.54) is 56.2 Å². The lowest BCUT2D eigenvalue weighted by Crippen LogP contribution is -2.23. The van der Waals surface area contributed by atoms with Gasteiger partial charge in [0.25, 0.3) is 0 Å². The Labute approximate surface area is 156 Å². The molecule has 1 atom stereocenters. The summed E-state index contributed by atoms with van der Waals surface area (Å²) in [5.74, 6) is 2.47. The largest absolute Gasteiger partial charge is 0.416 e. The first-order valence-corrected chi connectivity index (χ1v) is 9.95. The Morgan fingerprint density at radius 1 is 1.00 bits per heavy atom. The molecule has 0 bridgehead atoms. The van der Waals surface area contributed by atoms with Crippen LogP contribution in [0.5, 0.6) is 0 Å². The molecule has 2 aliphatic carbocycles. The van der Waals surface area contributed by atoms with E-state index >= 15 is 0 Å². The van der Waals surface area contributed by atoms with Gasteiger partial charge in [0, 0.05) is 1.43 Å². The maximum Gasteiger partial charge on any atom is 0.416 e. The summed E-state index contributed by atoms with van der Waals surface area (Å²) in [7, 11) is 0. The van der Waals surface area contributed by atoms with Gasteiger partial charge in [-0.1, -0.05) is 37.1 Å². The van der Waals surface area contributed by atoms with Crippen molar-refractivity contribution in [2.45, 2.75) is 64.0 Å². The van der Waals surface area contributed by atoms with E-state index in [-0.39, 0.29) is 1.43 Å². The summed E-state index contributed by atoms with van der Waals surface area (Å²) in [5.41, 5.74) is 1.60. The first kappa shape index (κ1) is 19.3. The van der Waals surface area contributed by atoms with E-state index in [9.17, 15) is 13.2 Å². The highest BCUT2D eigenvalue weighted by atomic mass is 19.4. The van der Waals surface area contributed by atoms with E-state index in [4.69, 9.17) is 0 Å². The molecule has 1 aromatic rings. The van der Waals surface area contributed by atoms with Gasteiger partial charge in [-0.3, -0.25) is 0 Å². The maximum atomic E-state index is 12.7. The number of halogens is 3. The fraction of sp³-hybridized carbons (Fsp3) is 0.565. The summed E-state index contributed by atoms with van der Waals surface area (Å²) < 4.78 is 38.1. The third kappa shape index (κ3) is 4.81. The van der Waals surface area contributed by atoms with Crippen LogP contribution in [-0.4, -0.2) is 0 Å². The molecule has 1 fully saturated rings. The first-order chi connectivity index (χ1) is 12.5. The molecule has 0 aliphatic heterocycles. The molecular weight excluding hydrogens is 333 g/mol. The minimum absolute atomic E-state index is 0. The van der Waals surface area contributed by atoms with Crippen LogP contribution in [0.4, 0.5) is 13.2 Å². The molecule has 1 unspecified atom stereocenters. The Morgan fingerprint density at radius 2 is 1.69 bits per heavy atom. The van der Waals surface area contributed by atoms with Crippen LogP contribution in [0, 0.1) is 17.8 Å². The predicted molar refractivity (Wildman–Crippen MR) is 104 cm³/mol. The Bertz CT molecular complexity index is 622. The average molecular weight is 364 g/mol. The van der Waals surface area contributed by atoms with Crippen molar-refractivity contribution in [1.82, 2.24) is 0 Å². The maximum absolute atomic E-state index is 12.7. The van der Waals surface area contributed by atoms with Gasteiger partial charge >= 0.3 is 6.18 Å². The average Bonchev–Trinajstić information content (AvgIpc) is 2.66. The topological polar surface area (TPSA) is 0 Å². The van der Waals surface area contributed by atoms with Crippen LogP contribution in [0.3, 0.4) is 0 Å². The van der Waals surface area contributed by atoms with Gasteiger partial charge in [0.2, 0.25) is 0 Å². The van der Waals surface area contributed by atoms with Gasteiger partial charge in [-0.15, -0.1) is 6.58 Å². The molecule has 2 aliphatic rings. The van der Waals surface area contributed by atoms with E-state index in [0.29, 0.717) is 0 Å². The predicted octanol–water partition coefficient (Wildman–Crippen LogP) is 7.91. The van der Waals surface area contributed by atoms with Crippen molar-refractivity contribution in [3.8, 4) is 0 Å². The zero-order valence-corrected chi connectivity index (χ0v) is 15.4. The normalized spacial score (nSPS) is 27.0. The summed E-state index contributed by atoms with van der Waals surface area (Å²) in [4.78, 5) is 0. The quantitative estimate of drug-likeness (QED) is 0.466. The summed E-state index contributed by atoms with van der Waals surface area (Å²) in [6, 6.07) is 5.65. The second kappa shape index (κ2) is 8.45. The molecule has 3 rings (SSSR count). The third-order valence-corrected chi connectivity index (χ3v) is 6.37. The molecule has 0 heterocycles. The smallest absolute Gasteiger partial charge is 0.166 e. The van der Waals surface area contributed by atoms with Gasteiger partial charge in [0.15, 0.2) is 0 Å². The highest BCUT2D eigenvalue weighted by Crippen LogP contribution is 2.42. The lowest BCUT2D eigenvalue weighted by atomic mass is 9.70. The Morgan fingerprint density at radius 3 is 2.23 bits per heavy atom. The number of hydrogen-bond donors (Lipinski definition) is 0. The number of hydrogen-bond acceptors (Lipinski definition) is 0. The summed E-state index contributed by atoms with van der Waals surface area (Å²) in [6.45, 7) is 3.82. The standard InChI is InChI=1S/C23H29F3.H2/c1-2-3-4-17-5-7-18(8-6-17)19-9-11-20(12-10-19)21-13-15-22(16-14-21)23(24,25)26;/h2,11,13-19H,1,3-10,12H2;1H. The molecule has 0 saturated heterocycles. The van der Waals surface area contributed by atoms with E-state index in [0.717, 1.165) is 42.6 Å². The second-order valence-electron chi connectivity index (χ2n) is 7.99. The molecule has 26 heavy (non-hydrogen) atoms. The van der Waals surface area contributed by atoms with Crippen molar-refractivity contribution < 1.29 is 14.6 Å². The second-order valence-corrected chi connectivity index (χ2v) is 7.99. The molecule has 3 heteroatoms. The van der Waals surface area contributed by atoms with Gasteiger partial charge in [0.05, 0.1) is 5.56 Å². The molecular formula is C23H31F3. The van der Waals surface area contributed by atoms with Crippen molar-refractivity contribution in [2.24, 2.45) is 17.8 Å². The van der Waals surface area contributed by atoms with Crippen LogP contribution >= 0.6 is 0 Å². The van der Waals surface area contributed by atoms with Crippen LogP contribution in [0.25, 0.3) is 5.57 Å². The van der Waals surface area contributed by atoms with E-state index < -0.39 is 11.7 Å². The molecule has 0 N–H and O–H groups in total. The molecule has 1 saturated carbocycles. The van der Waals surface area contributed by atoms with Crippen molar-refractivity contribution >= 4 is 5.57 Å². The lowest BCUT2D eigenvalue weighted by Gasteiger charge is -2.35. The van der Waals surface area contributed by atoms with Crippen molar-refractivity contribution in [1.29, 1.82) is 0 Å². The third-order valence-electron chi connectivity index (χ3n) is 6.37. The molecule has 0 amide bonds. The lowest BCUT2D eigenvalue weighted by molar-refractivity contribution is -0.137. The first-order valence-electron chi connectivity index (χ1n) is 9.95. The van der Waals surface area contributed by atoms with Crippen LogP contribution in [0.15, 0.2) is 43.0 Å². The van der Waals surface area contributed by atoms with E-state index in [2.05, 4.69) is 12.7 Å². The van der Waals surface area contributed by atoms with Gasteiger partial charge < -0.3 is 0 Å². The van der Waals surface area contributed by atoms with Crippen molar-refractivity contribution in [3.05, 3.63) is 54.1 Å². The Balaban J connectivity index is 0.00000261. The zero-order chi connectivity index (χ0) is 18.6. The minimum Gasteiger partial charge on any atom is -0.166 e. The van der Waals surface area contributed by atoms with Gasteiger partial charge in [-0.05, 0) is 86.0 Å². The number of rotatable bonds is 5. The van der Waals surface area contributed by atoms with E-state index in [1.807, 2.05) is 6.08 Å². The number of allylic oxidation sites excluding steroid dienone is 3. The molecule has 0 radical (unpaired) electrons. The molecule has 144 valence electrons. The zero-order valence-electron chi connectivity index (χ0n) is 15.4. The summed E-state index contributed by atoms with van der Waals surface area (Å²) in [6.07, 6.45) is 11.1. The highest BCUT2D eigenvalue weighted by molar-refractivity contribution is 5.66. The molecule has 0 nitrogen and oxygen atoms in total.